The van der Waals surface area contributed by atoms with Crippen LogP contribution in [0.3, 0.4) is 0 Å². The van der Waals surface area contributed by atoms with E-state index in [1.54, 1.807) is 48.5 Å². The number of ether oxygens (including phenoxy) is 20. The molecule has 0 bridgehead atoms. The molecule has 7 aromatic rings. The van der Waals surface area contributed by atoms with Gasteiger partial charge in [-0.2, -0.15) is 0 Å². The summed E-state index contributed by atoms with van der Waals surface area (Å²) in [4.78, 5) is 141. The van der Waals surface area contributed by atoms with Gasteiger partial charge in [-0.05, 0) is 51.6 Å². The molecule has 11 rings (SSSR count). The largest absolute Gasteiger partial charge is 0.506 e. The predicted molar refractivity (Wildman–Crippen MR) is 453 cm³/mol. The van der Waals surface area contributed by atoms with E-state index in [0.717, 1.165) is 52.7 Å². The first-order valence-electron chi connectivity index (χ1n) is 42.0. The van der Waals surface area contributed by atoms with Crippen LogP contribution in [0.5, 0.6) is 0 Å². The molecule has 34 heteroatoms. The summed E-state index contributed by atoms with van der Waals surface area (Å²) in [7, 11) is -2.00. The molecule has 4 saturated heterocycles. The van der Waals surface area contributed by atoms with Crippen LogP contribution < -0.4 is 10.6 Å². The maximum atomic E-state index is 16.4. The van der Waals surface area contributed by atoms with Gasteiger partial charge in [-0.1, -0.05) is 220 Å². The van der Waals surface area contributed by atoms with Gasteiger partial charge in [0.2, 0.25) is 11.8 Å². The van der Waals surface area contributed by atoms with Crippen molar-refractivity contribution in [1.29, 1.82) is 0 Å². The van der Waals surface area contributed by atoms with Gasteiger partial charge < -0.3 is 110 Å². The normalized spacial score (nSPS) is 26.1. The number of hydrogen-bond donors (Lipinski definition) is 3. The Bertz CT molecular complexity index is 4740. The van der Waals surface area contributed by atoms with E-state index in [0.29, 0.717) is 28.3 Å². The number of amides is 2. The van der Waals surface area contributed by atoms with E-state index in [2.05, 4.69) is 30.3 Å². The molecule has 0 radical (unpaired) electrons. The van der Waals surface area contributed by atoms with Crippen LogP contribution in [0.2, 0.25) is 25.7 Å². The molecule has 4 aliphatic rings. The van der Waals surface area contributed by atoms with Crippen molar-refractivity contribution in [3.63, 3.8) is 0 Å². The van der Waals surface area contributed by atoms with Crippen LogP contribution in [0.4, 0.5) is 4.79 Å². The Kier molecular flexibility index (Phi) is 35.9. The highest BCUT2D eigenvalue weighted by atomic mass is 28.3. The van der Waals surface area contributed by atoms with Gasteiger partial charge in [0, 0.05) is 63.1 Å². The molecular weight excluding hydrogens is 1680 g/mol. The fraction of sp³-hybridized carbons (Fsp3) is 0.447. The van der Waals surface area contributed by atoms with E-state index >= 15 is 4.79 Å². The summed E-state index contributed by atoms with van der Waals surface area (Å²) < 4.78 is 134. The number of esters is 7. The Morgan fingerprint density at radius 3 is 1.42 bits per heavy atom. The number of rotatable bonds is 41. The maximum Gasteiger partial charge on any atom is 0.506 e. The van der Waals surface area contributed by atoms with Gasteiger partial charge in [0.05, 0.1) is 51.1 Å². The Morgan fingerprint density at radius 1 is 0.438 bits per heavy atom. The molecule has 0 unspecified atom stereocenters. The highest BCUT2D eigenvalue weighted by Crippen LogP contribution is 2.45. The minimum atomic E-state index is -3.34. The third-order valence-corrected chi connectivity index (χ3v) is 22.7. The van der Waals surface area contributed by atoms with Crippen LogP contribution in [-0.2, 0) is 166 Å². The lowest BCUT2D eigenvalue weighted by Crippen LogP contribution is -2.72. The van der Waals surface area contributed by atoms with E-state index < -0.39 is 229 Å². The molecular formula is C94H110N2O31Si. The molecule has 128 heavy (non-hydrogen) atoms. The second-order valence-electron chi connectivity index (χ2n) is 32.3. The van der Waals surface area contributed by atoms with Gasteiger partial charge in [-0.25, -0.2) is 14.4 Å². The van der Waals surface area contributed by atoms with E-state index in [-0.39, 0.29) is 38.6 Å². The quantitative estimate of drug-likeness (QED) is 0.0182. The SMILES string of the molecule is CC(=O)N[C@H]1[C@H](OCC[Si](C)(C)C)O[C@H](COCc2ccccc2)[C@@H](O[C@@H]2O[C@H](COC(=O)c3ccccc3)[C@@H](OC(C)=O)[C@H](O[C@]3(C(=O)OCc4ccccc4)C[C@H](OC(C)=O)[C@@H](NC(C)=O)[C@H]([C@H](OC(C)=O)[C@@H](COC(C)=O)OC(=O)O)O3)[C@H]2OC(C)=O)[C@@H]1O[C@@H]1O[C@@H](c2ccccc2)[C@@H](OCc2ccccc2)[C@@H](OCc2ccccc2)[C@@H]1OCc1ccccc1. The van der Waals surface area contributed by atoms with Crippen LogP contribution in [-0.4, -0.2) is 222 Å². The number of nitrogens with one attached hydrogen (secondary N) is 2. The molecule has 0 spiro atoms. The zero-order valence-electron chi connectivity index (χ0n) is 72.7. The van der Waals surface area contributed by atoms with Crippen molar-refractivity contribution in [1.82, 2.24) is 10.6 Å². The number of benzene rings is 7. The van der Waals surface area contributed by atoms with Crippen molar-refractivity contribution >= 4 is 67.8 Å². The van der Waals surface area contributed by atoms with Crippen LogP contribution in [0.25, 0.3) is 0 Å². The Morgan fingerprint density at radius 2 is 0.906 bits per heavy atom. The number of carbonyl (C=O) groups is 10. The highest BCUT2D eigenvalue weighted by Gasteiger charge is 2.65. The number of hydrogen-bond acceptors (Lipinski definition) is 30. The summed E-state index contributed by atoms with van der Waals surface area (Å²) >= 11 is 0. The van der Waals surface area contributed by atoms with E-state index in [1.807, 2.05) is 152 Å². The maximum absolute atomic E-state index is 16.4. The molecule has 3 N–H and O–H groups in total. The third-order valence-electron chi connectivity index (χ3n) is 21.0. The molecule has 0 aliphatic carbocycles. The van der Waals surface area contributed by atoms with Crippen LogP contribution >= 0.6 is 0 Å². The van der Waals surface area contributed by atoms with Crippen LogP contribution in [0.15, 0.2) is 212 Å². The molecule has 4 fully saturated rings. The molecule has 2 amide bonds. The van der Waals surface area contributed by atoms with Crippen molar-refractivity contribution in [2.45, 2.75) is 242 Å². The van der Waals surface area contributed by atoms with Crippen LogP contribution in [0.1, 0.15) is 105 Å². The second kappa shape index (κ2) is 47.2. The number of carboxylic acid groups (broad SMARTS) is 1. The molecule has 4 aliphatic heterocycles. The Labute approximate surface area is 742 Å². The van der Waals surface area contributed by atoms with Gasteiger partial charge in [-0.15, -0.1) is 0 Å². The predicted octanol–water partition coefficient (Wildman–Crippen LogP) is 10.5. The third kappa shape index (κ3) is 28.4. The first kappa shape index (κ1) is 97.4. The average Bonchev–Trinajstić information content (AvgIpc) is 0.752. The van der Waals surface area contributed by atoms with Crippen molar-refractivity contribution in [3.8, 4) is 0 Å². The standard InChI is InChI=1S/C94H110N2O31Si/c1-57(97)95-75-71(116-60(4)100)48-94(92(105)115-53-68-40-26-15-27-41-68,126-82(75)79(117-61(5)101)74(122-93(106)107)55-110-59(3)99)127-85-80(118-62(6)102)73(56-114-88(104)70-44-30-17-31-45-70)121-91(87(85)119-63(7)103)124-78-72(54-108-49-64-32-18-11-19-33-64)120-89(109-46-47-128(8,9)10)76(96-58(2)98)81(78)125-90-86(113-52-67-38-24-14-25-39-67)84(112-51-66-36-22-13-23-37-66)83(111-50-65-34-20-12-21-35-65)77(123-90)69-42-28-16-29-43-69/h11-45,71-87,89-91H,46-56H2,1-10H3,(H,95,97)(H,96,98)(H,106,107)/t71-,72+,73+,74+,75+,76+,77-,78+,79+,80+,81+,82+,83+,84+,85-,86-,87+,89+,90-,91-,94-/m0/s1. The molecule has 7 aromatic carbocycles. The fourth-order valence-electron chi connectivity index (χ4n) is 15.3. The summed E-state index contributed by atoms with van der Waals surface area (Å²) in [5.41, 5.74) is 3.92. The van der Waals surface area contributed by atoms with Crippen molar-refractivity contribution in [3.05, 3.63) is 251 Å². The summed E-state index contributed by atoms with van der Waals surface area (Å²) in [5.74, 6) is -13.0. The fourth-order valence-corrected chi connectivity index (χ4v) is 16.0. The zero-order valence-corrected chi connectivity index (χ0v) is 73.7. The molecule has 0 saturated carbocycles. The van der Waals surface area contributed by atoms with Crippen molar-refractivity contribution in [2.75, 3.05) is 26.4 Å². The van der Waals surface area contributed by atoms with Gasteiger partial charge in [0.25, 0.3) is 5.79 Å². The minimum Gasteiger partial charge on any atom is -0.462 e. The van der Waals surface area contributed by atoms with Gasteiger partial charge in [0.15, 0.2) is 43.3 Å². The highest BCUT2D eigenvalue weighted by molar-refractivity contribution is 6.76. The van der Waals surface area contributed by atoms with Gasteiger partial charge in [-0.3, -0.25) is 33.6 Å². The Balaban J connectivity index is 1.16. The summed E-state index contributed by atoms with van der Waals surface area (Å²) in [6.07, 6.45) is -35.8. The lowest BCUT2D eigenvalue weighted by atomic mass is 9.87. The number of carbonyl (C=O) groups excluding carboxylic acids is 9. The van der Waals surface area contributed by atoms with Crippen molar-refractivity contribution in [2.24, 2.45) is 0 Å². The molecule has 21 atom stereocenters. The van der Waals surface area contributed by atoms with Crippen LogP contribution in [0, 0.1) is 0 Å². The van der Waals surface area contributed by atoms with Gasteiger partial charge >= 0.3 is 47.9 Å². The minimum absolute atomic E-state index is 0.00884. The van der Waals surface area contributed by atoms with E-state index in [9.17, 15) is 48.3 Å². The average molecular weight is 1790 g/mol. The first-order chi connectivity index (χ1) is 61.5. The smallest absolute Gasteiger partial charge is 0.462 e. The second-order valence-corrected chi connectivity index (χ2v) is 37.9. The summed E-state index contributed by atoms with van der Waals surface area (Å²) in [6, 6.07) is 59.4. The van der Waals surface area contributed by atoms with Gasteiger partial charge in [0.1, 0.15) is 93.0 Å². The molecule has 686 valence electrons. The topological polar surface area (TPSA) is 400 Å². The Hall–Kier alpha value is -11.2. The van der Waals surface area contributed by atoms with E-state index in [1.165, 1.54) is 19.1 Å². The summed E-state index contributed by atoms with van der Waals surface area (Å²) in [6.45, 7) is 10.3. The lowest BCUT2D eigenvalue weighted by Gasteiger charge is -2.53. The molecule has 0 aromatic heterocycles. The van der Waals surface area contributed by atoms with Crippen molar-refractivity contribution < 1.29 is 148 Å². The monoisotopic (exact) mass is 1790 g/mol. The zero-order chi connectivity index (χ0) is 91.4. The first-order valence-corrected chi connectivity index (χ1v) is 45.7. The van der Waals surface area contributed by atoms with E-state index in [4.69, 9.17) is 94.7 Å². The molecule has 4 heterocycles. The lowest BCUT2D eigenvalue weighted by molar-refractivity contribution is -0.394. The summed E-state index contributed by atoms with van der Waals surface area (Å²) in [5, 5.41) is 16.1. The molecule has 33 nitrogen and oxygen atoms in total.